The Labute approximate surface area is 209 Å². The lowest BCUT2D eigenvalue weighted by molar-refractivity contribution is 0.242. The number of aliphatic hydroxyl groups is 1. The molecule has 0 bridgehead atoms. The quantitative estimate of drug-likeness (QED) is 0.273. The molecule has 2 amide bonds. The summed E-state index contributed by atoms with van der Waals surface area (Å²) in [5.74, 6) is 4.72. The maximum absolute atomic E-state index is 13.0. The first-order chi connectivity index (χ1) is 16.8. The molecule has 1 aromatic carbocycles. The van der Waals surface area contributed by atoms with Crippen LogP contribution in [-0.4, -0.2) is 49.9 Å². The molecule has 11 heteroatoms. The van der Waals surface area contributed by atoms with Crippen LogP contribution in [0.3, 0.4) is 0 Å². The van der Waals surface area contributed by atoms with Gasteiger partial charge < -0.3 is 21.1 Å². The molecule has 35 heavy (non-hydrogen) atoms. The number of hydrogen-bond acceptors (Lipinski definition) is 8. The first-order valence-electron chi connectivity index (χ1n) is 11.4. The van der Waals surface area contributed by atoms with Crippen LogP contribution in [0.1, 0.15) is 32.6 Å². The van der Waals surface area contributed by atoms with Gasteiger partial charge in [0.05, 0.1) is 21.9 Å². The van der Waals surface area contributed by atoms with Crippen LogP contribution in [0.25, 0.3) is 10.4 Å². The highest BCUT2D eigenvalue weighted by Gasteiger charge is 2.19. The second-order valence-corrected chi connectivity index (χ2v) is 11.5. The molecule has 0 saturated heterocycles. The summed E-state index contributed by atoms with van der Waals surface area (Å²) in [6.07, 6.45) is 5.81. The van der Waals surface area contributed by atoms with Crippen molar-refractivity contribution in [1.29, 1.82) is 0 Å². The molecular weight excluding hydrogens is 484 g/mol. The number of urea groups is 1. The summed E-state index contributed by atoms with van der Waals surface area (Å²) >= 11 is 1.58. The first-order valence-corrected chi connectivity index (χ1v) is 14.1. The van der Waals surface area contributed by atoms with Crippen molar-refractivity contribution in [2.24, 2.45) is 0 Å². The Bertz CT molecular complexity index is 1240. The average molecular weight is 515 g/mol. The molecule has 2 aromatic heterocycles. The number of nitrogens with one attached hydrogen (secondary N) is 4. The molecule has 1 aliphatic rings. The van der Waals surface area contributed by atoms with Crippen LogP contribution in [0, 0.1) is 0 Å². The van der Waals surface area contributed by atoms with E-state index in [-0.39, 0.29) is 18.7 Å². The lowest BCUT2D eigenvalue weighted by Crippen LogP contribution is -2.43. The summed E-state index contributed by atoms with van der Waals surface area (Å²) in [7, 11) is -3.00. The van der Waals surface area contributed by atoms with E-state index in [1.165, 1.54) is 0 Å². The van der Waals surface area contributed by atoms with Gasteiger partial charge in [-0.05, 0) is 61.3 Å². The van der Waals surface area contributed by atoms with Crippen LogP contribution < -0.4 is 20.7 Å². The summed E-state index contributed by atoms with van der Waals surface area (Å²) in [4.78, 5) is 22.7. The normalized spacial score (nSPS) is 16.3. The first kappa shape index (κ1) is 25.0. The molecule has 1 saturated carbocycles. The number of hydrogen-bond donors (Lipinski definition) is 5. The molecule has 1 unspecified atom stereocenters. The highest BCUT2D eigenvalue weighted by molar-refractivity contribution is 7.99. The minimum Gasteiger partial charge on any atom is -0.394 e. The second kappa shape index (κ2) is 11.1. The van der Waals surface area contributed by atoms with E-state index in [2.05, 4.69) is 36.5 Å². The number of thiophene rings is 1. The molecule has 3 aromatic rings. The second-order valence-electron chi connectivity index (χ2n) is 8.54. The molecule has 0 aliphatic heterocycles. The van der Waals surface area contributed by atoms with Gasteiger partial charge in [-0.15, -0.1) is 11.3 Å². The fraction of sp³-hybridized carbons (Fsp3) is 0.333. The zero-order valence-electron chi connectivity index (χ0n) is 19.5. The van der Waals surface area contributed by atoms with Crippen molar-refractivity contribution in [1.82, 2.24) is 20.0 Å². The third-order valence-electron chi connectivity index (χ3n) is 5.67. The minimum absolute atomic E-state index is 0.0326. The molecule has 0 spiro atoms. The smallest absolute Gasteiger partial charge is 0.326 e. The molecule has 2 atom stereocenters. The van der Waals surface area contributed by atoms with Crippen molar-refractivity contribution in [2.45, 2.75) is 49.6 Å². The predicted molar refractivity (Wildman–Crippen MR) is 143 cm³/mol. The Morgan fingerprint density at radius 3 is 2.66 bits per heavy atom. The number of carbonyl (C=O) groups is 1. The molecule has 2 heterocycles. The molecule has 0 radical (unpaired) electrons. The Kier molecular flexibility index (Phi) is 7.89. The maximum atomic E-state index is 13.0. The number of nitrogens with zero attached hydrogens (tertiary/aromatic N) is 2. The van der Waals surface area contributed by atoms with E-state index in [1.807, 2.05) is 24.4 Å². The summed E-state index contributed by atoms with van der Waals surface area (Å²) in [6.45, 7) is 1.83. The number of benzene rings is 1. The van der Waals surface area contributed by atoms with Crippen molar-refractivity contribution in [2.75, 3.05) is 17.2 Å². The fourth-order valence-corrected chi connectivity index (χ4v) is 5.61. The summed E-state index contributed by atoms with van der Waals surface area (Å²) in [5, 5.41) is 20.7. The monoisotopic (exact) mass is 514 g/mol. The van der Waals surface area contributed by atoms with Crippen LogP contribution in [-0.2, 0) is 9.71 Å². The standard InChI is InChI=1S/C24H30N6O3S2/c1-16(15-31)26-22-20(21-8-5-13-34-21)14-25-23(29-22)27-18-9-11-19(12-10-18)35(2,33)30-24(32)28-17-6-3-4-7-17/h5,8-14,16-17,31H,2-4,6-7,15H2,1H3,(H2,25,26,27,29)(H2,28,30,32,33)/t16-,35?/m1/s1. The lowest BCUT2D eigenvalue weighted by Gasteiger charge is -2.17. The van der Waals surface area contributed by atoms with E-state index in [0.717, 1.165) is 36.1 Å². The molecule has 5 N–H and O–H groups in total. The van der Waals surface area contributed by atoms with Gasteiger partial charge in [0, 0.05) is 33.7 Å². The summed E-state index contributed by atoms with van der Waals surface area (Å²) < 4.78 is 15.5. The van der Waals surface area contributed by atoms with Crippen LogP contribution >= 0.6 is 11.3 Å². The Balaban J connectivity index is 1.45. The number of aromatic nitrogens is 2. The van der Waals surface area contributed by atoms with Crippen molar-refractivity contribution < 1.29 is 14.1 Å². The van der Waals surface area contributed by atoms with Gasteiger partial charge in [-0.25, -0.2) is 14.0 Å². The van der Waals surface area contributed by atoms with Crippen LogP contribution in [0.5, 0.6) is 0 Å². The van der Waals surface area contributed by atoms with Gasteiger partial charge in [0.15, 0.2) is 0 Å². The van der Waals surface area contributed by atoms with E-state index >= 15 is 0 Å². The zero-order chi connectivity index (χ0) is 24.8. The third-order valence-corrected chi connectivity index (χ3v) is 8.12. The van der Waals surface area contributed by atoms with Gasteiger partial charge in [-0.2, -0.15) is 4.98 Å². The number of aliphatic hydroxyl groups excluding tert-OH is 1. The minimum atomic E-state index is -3.00. The number of anilines is 3. The van der Waals surface area contributed by atoms with Crippen LogP contribution in [0.4, 0.5) is 22.2 Å². The van der Waals surface area contributed by atoms with Gasteiger partial charge >= 0.3 is 6.03 Å². The van der Waals surface area contributed by atoms with Gasteiger partial charge in [0.1, 0.15) is 5.82 Å². The van der Waals surface area contributed by atoms with Gasteiger partial charge in [0.25, 0.3) is 0 Å². The SMILES string of the molecule is C=S(=O)(NC(=O)NC1CCCC1)c1ccc(Nc2ncc(-c3cccs3)c(N[C@H](C)CO)n2)cc1. The Hall–Kier alpha value is -3.15. The predicted octanol–water partition coefficient (Wildman–Crippen LogP) is 3.97. The van der Waals surface area contributed by atoms with E-state index in [0.29, 0.717) is 22.3 Å². The van der Waals surface area contributed by atoms with E-state index in [4.69, 9.17) is 0 Å². The molecule has 4 rings (SSSR count). The van der Waals surface area contributed by atoms with Crippen LogP contribution in [0.2, 0.25) is 0 Å². The zero-order valence-corrected chi connectivity index (χ0v) is 21.1. The number of amides is 2. The average Bonchev–Trinajstić information content (AvgIpc) is 3.54. The summed E-state index contributed by atoms with van der Waals surface area (Å²) in [5.41, 5.74) is 1.53. The van der Waals surface area contributed by atoms with Crippen molar-refractivity contribution in [3.8, 4) is 10.4 Å². The van der Waals surface area contributed by atoms with Crippen LogP contribution in [0.15, 0.2) is 52.9 Å². The van der Waals surface area contributed by atoms with Crippen molar-refractivity contribution >= 4 is 50.4 Å². The van der Waals surface area contributed by atoms with Gasteiger partial charge in [0.2, 0.25) is 5.95 Å². The van der Waals surface area contributed by atoms with Gasteiger partial charge in [-0.1, -0.05) is 18.9 Å². The topological polar surface area (TPSA) is 128 Å². The van der Waals surface area contributed by atoms with E-state index in [1.54, 1.807) is 41.8 Å². The lowest BCUT2D eigenvalue weighted by atomic mass is 10.2. The maximum Gasteiger partial charge on any atom is 0.326 e. The third kappa shape index (κ3) is 6.50. The number of carbonyl (C=O) groups excluding carboxylic acids is 1. The molecular formula is C24H30N6O3S2. The van der Waals surface area contributed by atoms with E-state index < -0.39 is 15.7 Å². The Morgan fingerprint density at radius 2 is 2.00 bits per heavy atom. The molecule has 1 fully saturated rings. The van der Waals surface area contributed by atoms with E-state index in [9.17, 15) is 14.1 Å². The fourth-order valence-electron chi connectivity index (χ4n) is 3.82. The molecule has 9 nitrogen and oxygen atoms in total. The number of rotatable bonds is 9. The van der Waals surface area contributed by atoms with Gasteiger partial charge in [-0.3, -0.25) is 4.72 Å². The Morgan fingerprint density at radius 1 is 1.26 bits per heavy atom. The van der Waals surface area contributed by atoms with Crippen molar-refractivity contribution in [3.63, 3.8) is 0 Å². The molecule has 1 aliphatic carbocycles. The highest BCUT2D eigenvalue weighted by atomic mass is 32.2. The highest BCUT2D eigenvalue weighted by Crippen LogP contribution is 2.31. The molecule has 186 valence electrons. The van der Waals surface area contributed by atoms with Crippen molar-refractivity contribution in [3.05, 3.63) is 48.0 Å². The largest absolute Gasteiger partial charge is 0.394 e. The summed E-state index contributed by atoms with van der Waals surface area (Å²) in [6, 6.07) is 10.2.